The van der Waals surface area contributed by atoms with Crippen LogP contribution in [0.15, 0.2) is 18.2 Å². The van der Waals surface area contributed by atoms with E-state index in [1.54, 1.807) is 0 Å². The average Bonchev–Trinajstić information content (AvgIpc) is 2.37. The molecule has 1 aromatic carbocycles. The fourth-order valence-electron chi connectivity index (χ4n) is 1.79. The standard InChI is InChI=1S/C15H24N2O2/c1-4-19-14-7-6-13(9-11(14)2)10-17-15(18)8-5-12(3)16/h6-7,9,12H,4-5,8,10,16H2,1-3H3,(H,17,18). The van der Waals surface area contributed by atoms with Gasteiger partial charge in [0.05, 0.1) is 6.61 Å². The highest BCUT2D eigenvalue weighted by molar-refractivity contribution is 5.75. The molecular weight excluding hydrogens is 240 g/mol. The van der Waals surface area contributed by atoms with Crippen molar-refractivity contribution in [2.75, 3.05) is 6.61 Å². The van der Waals surface area contributed by atoms with Crippen LogP contribution in [0.3, 0.4) is 0 Å². The number of aryl methyl sites for hydroxylation is 1. The molecule has 0 saturated heterocycles. The Morgan fingerprint density at radius 1 is 1.47 bits per heavy atom. The van der Waals surface area contributed by atoms with Gasteiger partial charge in [-0.15, -0.1) is 0 Å². The molecule has 1 rings (SSSR count). The van der Waals surface area contributed by atoms with Crippen molar-refractivity contribution in [2.45, 2.75) is 46.2 Å². The number of hydrogen-bond donors (Lipinski definition) is 2. The number of hydrogen-bond acceptors (Lipinski definition) is 3. The molecule has 4 nitrogen and oxygen atoms in total. The number of benzene rings is 1. The molecule has 0 aromatic heterocycles. The molecule has 0 bridgehead atoms. The van der Waals surface area contributed by atoms with E-state index in [1.807, 2.05) is 39.0 Å². The third kappa shape index (κ3) is 5.75. The van der Waals surface area contributed by atoms with Gasteiger partial charge in [0.25, 0.3) is 0 Å². The monoisotopic (exact) mass is 264 g/mol. The van der Waals surface area contributed by atoms with Crippen LogP contribution < -0.4 is 15.8 Å². The first-order chi connectivity index (χ1) is 9.02. The first kappa shape index (κ1) is 15.5. The van der Waals surface area contributed by atoms with Crippen LogP contribution in [0.25, 0.3) is 0 Å². The predicted octanol–water partition coefficient (Wildman–Crippen LogP) is 2.14. The van der Waals surface area contributed by atoms with Crippen LogP contribution in [0, 0.1) is 6.92 Å². The van der Waals surface area contributed by atoms with Crippen molar-refractivity contribution in [3.8, 4) is 5.75 Å². The van der Waals surface area contributed by atoms with Crippen LogP contribution in [0.4, 0.5) is 0 Å². The molecule has 1 amide bonds. The zero-order chi connectivity index (χ0) is 14.3. The summed E-state index contributed by atoms with van der Waals surface area (Å²) in [5, 5.41) is 2.90. The van der Waals surface area contributed by atoms with Crippen LogP contribution in [0.2, 0.25) is 0 Å². The van der Waals surface area contributed by atoms with E-state index in [0.29, 0.717) is 26.0 Å². The van der Waals surface area contributed by atoms with Gasteiger partial charge in [0.2, 0.25) is 5.91 Å². The minimum absolute atomic E-state index is 0.0452. The molecule has 0 fully saturated rings. The second-order valence-electron chi connectivity index (χ2n) is 4.83. The highest BCUT2D eigenvalue weighted by Gasteiger charge is 2.05. The number of carbonyl (C=O) groups is 1. The second kappa shape index (κ2) is 7.79. The Balaban J connectivity index is 2.45. The summed E-state index contributed by atoms with van der Waals surface area (Å²) in [6.07, 6.45) is 1.20. The number of amides is 1. The van der Waals surface area contributed by atoms with Crippen LogP contribution in [0.1, 0.15) is 37.8 Å². The summed E-state index contributed by atoms with van der Waals surface area (Å²) >= 11 is 0. The van der Waals surface area contributed by atoms with Crippen molar-refractivity contribution in [3.63, 3.8) is 0 Å². The first-order valence-electron chi connectivity index (χ1n) is 6.77. The number of ether oxygens (including phenoxy) is 1. The molecular formula is C15H24N2O2. The van der Waals surface area contributed by atoms with E-state index in [1.165, 1.54) is 0 Å². The topological polar surface area (TPSA) is 64.3 Å². The van der Waals surface area contributed by atoms with Crippen LogP contribution in [0.5, 0.6) is 5.75 Å². The van der Waals surface area contributed by atoms with Gasteiger partial charge in [-0.3, -0.25) is 4.79 Å². The van der Waals surface area contributed by atoms with Gasteiger partial charge in [-0.25, -0.2) is 0 Å². The molecule has 3 N–H and O–H groups in total. The summed E-state index contributed by atoms with van der Waals surface area (Å²) in [5.41, 5.74) is 7.79. The molecule has 1 aromatic rings. The molecule has 1 atom stereocenters. The number of nitrogens with two attached hydrogens (primary N) is 1. The molecule has 0 aliphatic heterocycles. The van der Waals surface area contributed by atoms with Crippen LogP contribution in [-0.2, 0) is 11.3 Å². The van der Waals surface area contributed by atoms with Crippen molar-refractivity contribution >= 4 is 5.91 Å². The molecule has 19 heavy (non-hydrogen) atoms. The second-order valence-corrected chi connectivity index (χ2v) is 4.83. The van der Waals surface area contributed by atoms with E-state index in [9.17, 15) is 4.79 Å². The Bertz CT molecular complexity index is 417. The van der Waals surface area contributed by atoms with Gasteiger partial charge < -0.3 is 15.8 Å². The van der Waals surface area contributed by atoms with Gasteiger partial charge in [0.1, 0.15) is 5.75 Å². The third-order valence-corrected chi connectivity index (χ3v) is 2.86. The maximum absolute atomic E-state index is 11.6. The lowest BCUT2D eigenvalue weighted by molar-refractivity contribution is -0.121. The normalized spacial score (nSPS) is 12.0. The third-order valence-electron chi connectivity index (χ3n) is 2.86. The number of nitrogens with one attached hydrogen (secondary N) is 1. The zero-order valence-corrected chi connectivity index (χ0v) is 12.0. The lowest BCUT2D eigenvalue weighted by atomic mass is 10.1. The summed E-state index contributed by atoms with van der Waals surface area (Å²) in [4.78, 5) is 11.6. The minimum atomic E-state index is 0.0452. The zero-order valence-electron chi connectivity index (χ0n) is 12.0. The lowest BCUT2D eigenvalue weighted by Crippen LogP contribution is -2.25. The van der Waals surface area contributed by atoms with E-state index in [4.69, 9.17) is 10.5 Å². The Kier molecular flexibility index (Phi) is 6.36. The molecule has 0 heterocycles. The van der Waals surface area contributed by atoms with E-state index in [-0.39, 0.29) is 11.9 Å². The van der Waals surface area contributed by atoms with Crippen molar-refractivity contribution in [2.24, 2.45) is 5.73 Å². The number of rotatable bonds is 7. The summed E-state index contributed by atoms with van der Waals surface area (Å²) in [7, 11) is 0. The fraction of sp³-hybridized carbons (Fsp3) is 0.533. The van der Waals surface area contributed by atoms with Gasteiger partial charge in [-0.05, 0) is 44.4 Å². The predicted molar refractivity (Wildman–Crippen MR) is 77.1 cm³/mol. The largest absolute Gasteiger partial charge is 0.494 e. The van der Waals surface area contributed by atoms with Gasteiger partial charge in [0, 0.05) is 19.0 Å². The van der Waals surface area contributed by atoms with Gasteiger partial charge in [0.15, 0.2) is 0 Å². The highest BCUT2D eigenvalue weighted by atomic mass is 16.5. The molecule has 106 valence electrons. The smallest absolute Gasteiger partial charge is 0.220 e. The SMILES string of the molecule is CCOc1ccc(CNC(=O)CCC(C)N)cc1C. The van der Waals surface area contributed by atoms with Crippen molar-refractivity contribution in [1.29, 1.82) is 0 Å². The molecule has 0 spiro atoms. The molecule has 0 aliphatic rings. The average molecular weight is 264 g/mol. The Labute approximate surface area is 115 Å². The van der Waals surface area contributed by atoms with Crippen LogP contribution >= 0.6 is 0 Å². The fourth-order valence-corrected chi connectivity index (χ4v) is 1.79. The first-order valence-corrected chi connectivity index (χ1v) is 6.77. The molecule has 0 radical (unpaired) electrons. The minimum Gasteiger partial charge on any atom is -0.494 e. The molecule has 0 aliphatic carbocycles. The van der Waals surface area contributed by atoms with E-state index >= 15 is 0 Å². The lowest BCUT2D eigenvalue weighted by Gasteiger charge is -2.10. The van der Waals surface area contributed by atoms with Crippen LogP contribution in [-0.4, -0.2) is 18.6 Å². The Morgan fingerprint density at radius 3 is 2.79 bits per heavy atom. The maximum atomic E-state index is 11.6. The Hall–Kier alpha value is -1.55. The molecule has 0 saturated carbocycles. The highest BCUT2D eigenvalue weighted by Crippen LogP contribution is 2.18. The van der Waals surface area contributed by atoms with Gasteiger partial charge >= 0.3 is 0 Å². The summed E-state index contributed by atoms with van der Waals surface area (Å²) in [6, 6.07) is 6.03. The van der Waals surface area contributed by atoms with Crippen molar-refractivity contribution < 1.29 is 9.53 Å². The quantitative estimate of drug-likeness (QED) is 0.793. The van der Waals surface area contributed by atoms with E-state index in [0.717, 1.165) is 16.9 Å². The maximum Gasteiger partial charge on any atom is 0.220 e. The number of carbonyl (C=O) groups excluding carboxylic acids is 1. The van der Waals surface area contributed by atoms with Crippen molar-refractivity contribution in [1.82, 2.24) is 5.32 Å². The summed E-state index contributed by atoms with van der Waals surface area (Å²) in [5.74, 6) is 0.943. The van der Waals surface area contributed by atoms with E-state index < -0.39 is 0 Å². The Morgan fingerprint density at radius 2 is 2.21 bits per heavy atom. The van der Waals surface area contributed by atoms with Gasteiger partial charge in [-0.1, -0.05) is 12.1 Å². The van der Waals surface area contributed by atoms with Gasteiger partial charge in [-0.2, -0.15) is 0 Å². The van der Waals surface area contributed by atoms with E-state index in [2.05, 4.69) is 5.32 Å². The molecule has 1 unspecified atom stereocenters. The van der Waals surface area contributed by atoms with Crippen molar-refractivity contribution in [3.05, 3.63) is 29.3 Å². The summed E-state index contributed by atoms with van der Waals surface area (Å²) in [6.45, 7) is 7.08. The summed E-state index contributed by atoms with van der Waals surface area (Å²) < 4.78 is 5.48. The molecule has 4 heteroatoms.